The summed E-state index contributed by atoms with van der Waals surface area (Å²) < 4.78 is 1.84. The number of hydrogen-bond donors (Lipinski definition) is 1. The highest BCUT2D eigenvalue weighted by Crippen LogP contribution is 2.42. The summed E-state index contributed by atoms with van der Waals surface area (Å²) in [6.07, 6.45) is 11.6. The number of nitrogens with one attached hydrogen (secondary N) is 1. The Balaban J connectivity index is 1.45. The number of fused-ring (bicyclic) bond motifs is 1. The van der Waals surface area contributed by atoms with Gasteiger partial charge in [0.25, 0.3) is 5.91 Å². The van der Waals surface area contributed by atoms with E-state index in [1.54, 1.807) is 0 Å². The molecule has 2 amide bonds. The first kappa shape index (κ1) is 24.7. The van der Waals surface area contributed by atoms with Crippen molar-refractivity contribution in [3.63, 3.8) is 0 Å². The maximum atomic E-state index is 13.2. The van der Waals surface area contributed by atoms with E-state index in [4.69, 9.17) is 0 Å². The fourth-order valence-electron chi connectivity index (χ4n) is 6.13. The molecule has 186 valence electrons. The third-order valence-electron chi connectivity index (χ3n) is 8.35. The number of carbonyl (C=O) groups excluding carboxylic acids is 2. The molecule has 0 aromatic carbocycles. The highest BCUT2D eigenvalue weighted by molar-refractivity contribution is 5.93. The zero-order chi connectivity index (χ0) is 24.3. The SMILES string of the molecule is CCC1CCCC(CC)(CNC(=O)c2cccc3nc(CC(=O)N4CCCC(C)(C)C4)cn23)C1. The normalized spacial score (nSPS) is 24.8. The lowest BCUT2D eigenvalue weighted by Crippen LogP contribution is -2.44. The Morgan fingerprint density at radius 1 is 1.18 bits per heavy atom. The number of rotatable bonds is 7. The van der Waals surface area contributed by atoms with Crippen molar-refractivity contribution < 1.29 is 9.59 Å². The molecule has 0 bridgehead atoms. The Kier molecular flexibility index (Phi) is 7.34. The summed E-state index contributed by atoms with van der Waals surface area (Å²) in [6.45, 7) is 11.3. The van der Waals surface area contributed by atoms with Crippen molar-refractivity contribution in [2.75, 3.05) is 19.6 Å². The number of nitrogens with zero attached hydrogens (tertiary/aromatic N) is 3. The minimum atomic E-state index is -0.0647. The van der Waals surface area contributed by atoms with Gasteiger partial charge >= 0.3 is 0 Å². The lowest BCUT2D eigenvalue weighted by Gasteiger charge is -2.40. The van der Waals surface area contributed by atoms with Crippen LogP contribution in [-0.4, -0.2) is 45.7 Å². The van der Waals surface area contributed by atoms with E-state index in [1.807, 2.05) is 33.7 Å². The molecule has 2 unspecified atom stereocenters. The minimum Gasteiger partial charge on any atom is -0.350 e. The number of aromatic nitrogens is 2. The Morgan fingerprint density at radius 3 is 2.74 bits per heavy atom. The zero-order valence-corrected chi connectivity index (χ0v) is 21.5. The molecule has 0 spiro atoms. The molecule has 1 saturated carbocycles. The second-order valence-electron chi connectivity index (χ2n) is 11.5. The zero-order valence-electron chi connectivity index (χ0n) is 21.5. The highest BCUT2D eigenvalue weighted by Gasteiger charge is 2.35. The van der Waals surface area contributed by atoms with E-state index in [-0.39, 0.29) is 29.1 Å². The maximum Gasteiger partial charge on any atom is 0.268 e. The summed E-state index contributed by atoms with van der Waals surface area (Å²) in [7, 11) is 0. The van der Waals surface area contributed by atoms with E-state index in [0.29, 0.717) is 11.3 Å². The molecule has 1 saturated heterocycles. The van der Waals surface area contributed by atoms with E-state index in [2.05, 4.69) is 38.0 Å². The third-order valence-corrected chi connectivity index (χ3v) is 8.35. The molecule has 0 radical (unpaired) electrons. The quantitative estimate of drug-likeness (QED) is 0.606. The van der Waals surface area contributed by atoms with Gasteiger partial charge in [0.1, 0.15) is 11.3 Å². The van der Waals surface area contributed by atoms with Crippen molar-refractivity contribution in [1.29, 1.82) is 0 Å². The van der Waals surface area contributed by atoms with Gasteiger partial charge in [0.15, 0.2) is 0 Å². The van der Waals surface area contributed by atoms with E-state index < -0.39 is 0 Å². The van der Waals surface area contributed by atoms with Crippen molar-refractivity contribution in [2.45, 2.75) is 85.5 Å². The van der Waals surface area contributed by atoms with Crippen molar-refractivity contribution in [2.24, 2.45) is 16.7 Å². The Labute approximate surface area is 204 Å². The minimum absolute atomic E-state index is 0.0647. The summed E-state index contributed by atoms with van der Waals surface area (Å²) in [6, 6.07) is 5.62. The smallest absolute Gasteiger partial charge is 0.268 e. The molecule has 2 fully saturated rings. The first-order valence-corrected chi connectivity index (χ1v) is 13.3. The number of likely N-dealkylation sites (tertiary alicyclic amines) is 1. The van der Waals surface area contributed by atoms with Gasteiger partial charge in [-0.25, -0.2) is 4.98 Å². The summed E-state index contributed by atoms with van der Waals surface area (Å²) in [5.41, 5.74) is 2.39. The standard InChI is InChI=1S/C28H42N4O2/c1-5-21-10-8-14-28(6-2,17-21)19-29-26(34)23-11-7-12-24-30-22(18-32(23)24)16-25(33)31-15-9-13-27(3,4)20-31/h7,11-12,18,21H,5-6,8-10,13-17,19-20H2,1-4H3,(H,29,34). The maximum absolute atomic E-state index is 13.2. The van der Waals surface area contributed by atoms with Gasteiger partial charge in [-0.05, 0) is 61.0 Å². The number of pyridine rings is 1. The molecule has 6 nitrogen and oxygen atoms in total. The molecule has 1 aliphatic heterocycles. The molecule has 2 aromatic heterocycles. The molecule has 2 aliphatic rings. The lowest BCUT2D eigenvalue weighted by molar-refractivity contribution is -0.133. The summed E-state index contributed by atoms with van der Waals surface area (Å²) >= 11 is 0. The number of carbonyl (C=O) groups is 2. The predicted octanol–water partition coefficient (Wildman–Crippen LogP) is 5.25. The lowest BCUT2D eigenvalue weighted by atomic mass is 9.67. The monoisotopic (exact) mass is 466 g/mol. The van der Waals surface area contributed by atoms with Crippen LogP contribution in [0.1, 0.15) is 95.2 Å². The van der Waals surface area contributed by atoms with Crippen molar-refractivity contribution in [3.05, 3.63) is 35.8 Å². The van der Waals surface area contributed by atoms with Gasteiger partial charge in [-0.15, -0.1) is 0 Å². The van der Waals surface area contributed by atoms with E-state index in [0.717, 1.165) is 50.5 Å². The summed E-state index contributed by atoms with van der Waals surface area (Å²) in [4.78, 5) is 32.8. The van der Waals surface area contributed by atoms with Crippen LogP contribution < -0.4 is 5.32 Å². The molecular formula is C28H42N4O2. The molecule has 3 heterocycles. The largest absolute Gasteiger partial charge is 0.350 e. The van der Waals surface area contributed by atoms with E-state index >= 15 is 0 Å². The van der Waals surface area contributed by atoms with Crippen molar-refractivity contribution in [1.82, 2.24) is 19.6 Å². The molecule has 1 N–H and O–H groups in total. The van der Waals surface area contributed by atoms with Gasteiger partial charge in [0, 0.05) is 25.8 Å². The van der Waals surface area contributed by atoms with E-state index in [9.17, 15) is 9.59 Å². The number of hydrogen-bond acceptors (Lipinski definition) is 3. The molecular weight excluding hydrogens is 424 g/mol. The van der Waals surface area contributed by atoms with Crippen molar-refractivity contribution in [3.8, 4) is 0 Å². The van der Waals surface area contributed by atoms with Gasteiger partial charge in [0.05, 0.1) is 12.1 Å². The van der Waals surface area contributed by atoms with Crippen LogP contribution in [0, 0.1) is 16.7 Å². The average molecular weight is 467 g/mol. The van der Waals surface area contributed by atoms with Crippen LogP contribution in [0.3, 0.4) is 0 Å². The van der Waals surface area contributed by atoms with Gasteiger partial charge in [-0.2, -0.15) is 0 Å². The summed E-state index contributed by atoms with van der Waals surface area (Å²) in [5.74, 6) is 0.827. The van der Waals surface area contributed by atoms with Crippen LogP contribution in [0.4, 0.5) is 0 Å². The number of amides is 2. The molecule has 34 heavy (non-hydrogen) atoms. The molecule has 1 aliphatic carbocycles. The second-order valence-corrected chi connectivity index (χ2v) is 11.5. The van der Waals surface area contributed by atoms with Crippen LogP contribution in [-0.2, 0) is 11.2 Å². The highest BCUT2D eigenvalue weighted by atomic mass is 16.2. The van der Waals surface area contributed by atoms with Gasteiger partial charge in [-0.3, -0.25) is 14.0 Å². The molecule has 4 rings (SSSR count). The predicted molar refractivity (Wildman–Crippen MR) is 136 cm³/mol. The Hall–Kier alpha value is -2.37. The molecule has 2 aromatic rings. The van der Waals surface area contributed by atoms with Crippen LogP contribution in [0.5, 0.6) is 0 Å². The second kappa shape index (κ2) is 10.1. The van der Waals surface area contributed by atoms with Gasteiger partial charge < -0.3 is 10.2 Å². The first-order chi connectivity index (χ1) is 16.2. The molecule has 2 atom stereocenters. The van der Waals surface area contributed by atoms with Crippen LogP contribution >= 0.6 is 0 Å². The van der Waals surface area contributed by atoms with E-state index in [1.165, 1.54) is 32.1 Å². The fourth-order valence-corrected chi connectivity index (χ4v) is 6.13. The van der Waals surface area contributed by atoms with Crippen LogP contribution in [0.15, 0.2) is 24.4 Å². The Bertz CT molecular complexity index is 1030. The average Bonchev–Trinajstić information content (AvgIpc) is 3.24. The van der Waals surface area contributed by atoms with Gasteiger partial charge in [0.2, 0.25) is 5.91 Å². The first-order valence-electron chi connectivity index (χ1n) is 13.3. The number of piperidine rings is 1. The Morgan fingerprint density at radius 2 is 2.00 bits per heavy atom. The topological polar surface area (TPSA) is 66.7 Å². The number of imidazole rings is 1. The van der Waals surface area contributed by atoms with Crippen molar-refractivity contribution >= 4 is 17.5 Å². The van der Waals surface area contributed by atoms with Crippen LogP contribution in [0.2, 0.25) is 0 Å². The summed E-state index contributed by atoms with van der Waals surface area (Å²) in [5, 5.41) is 3.25. The fraction of sp³-hybridized carbons (Fsp3) is 0.679. The molecule has 6 heteroatoms. The van der Waals surface area contributed by atoms with Crippen LogP contribution in [0.25, 0.3) is 5.65 Å². The third kappa shape index (κ3) is 5.47. The van der Waals surface area contributed by atoms with Gasteiger partial charge in [-0.1, -0.05) is 53.0 Å².